The summed E-state index contributed by atoms with van der Waals surface area (Å²) in [5.41, 5.74) is -0.871. The van der Waals surface area contributed by atoms with E-state index >= 15 is 0 Å². The topological polar surface area (TPSA) is 80.9 Å². The third-order valence-corrected chi connectivity index (χ3v) is 2.89. The zero-order valence-corrected chi connectivity index (χ0v) is 10.5. The van der Waals surface area contributed by atoms with Crippen LogP contribution in [0.15, 0.2) is 24.3 Å². The van der Waals surface area contributed by atoms with E-state index < -0.39 is 11.5 Å². The molecule has 1 N–H and O–H groups in total. The van der Waals surface area contributed by atoms with Crippen molar-refractivity contribution in [3.63, 3.8) is 0 Å². The van der Waals surface area contributed by atoms with Gasteiger partial charge in [0.2, 0.25) is 0 Å². The Morgan fingerprint density at radius 2 is 2.11 bits per heavy atom. The molecule has 0 saturated heterocycles. The van der Waals surface area contributed by atoms with Crippen LogP contribution in [0.5, 0.6) is 0 Å². The van der Waals surface area contributed by atoms with Gasteiger partial charge in [0.15, 0.2) is 11.4 Å². The molecule has 0 atom stereocenters. The number of aromatic nitrogens is 4. The van der Waals surface area contributed by atoms with Crippen molar-refractivity contribution in [2.75, 3.05) is 0 Å². The number of benzene rings is 1. The number of aliphatic carboxylic acids is 1. The Bertz CT molecular complexity index is 609. The molecule has 0 fully saturated rings. The largest absolute Gasteiger partial charge is 0.479 e. The van der Waals surface area contributed by atoms with Crippen LogP contribution in [0.2, 0.25) is 0 Å². The van der Waals surface area contributed by atoms with Crippen molar-refractivity contribution in [3.05, 3.63) is 41.5 Å². The van der Waals surface area contributed by atoms with E-state index in [1.54, 1.807) is 18.2 Å². The van der Waals surface area contributed by atoms with E-state index in [1.807, 2.05) is 0 Å². The average molecular weight is 264 g/mol. The predicted molar refractivity (Wildman–Crippen MR) is 64.0 cm³/mol. The molecular weight excluding hydrogens is 251 g/mol. The minimum atomic E-state index is -1.29. The number of rotatable bonds is 4. The summed E-state index contributed by atoms with van der Waals surface area (Å²) in [5.74, 6) is -1.13. The number of carbonyl (C=O) groups is 1. The lowest BCUT2D eigenvalue weighted by Crippen LogP contribution is -2.38. The lowest BCUT2D eigenvalue weighted by Gasteiger charge is -2.20. The van der Waals surface area contributed by atoms with Gasteiger partial charge in [-0.15, -0.1) is 5.10 Å². The minimum Gasteiger partial charge on any atom is -0.479 e. The first-order valence-electron chi connectivity index (χ1n) is 5.67. The number of hydrogen-bond donors (Lipinski definition) is 1. The van der Waals surface area contributed by atoms with Crippen molar-refractivity contribution in [1.29, 1.82) is 0 Å². The van der Waals surface area contributed by atoms with Crippen LogP contribution in [-0.2, 0) is 16.8 Å². The fourth-order valence-electron chi connectivity index (χ4n) is 1.65. The number of halogens is 1. The summed E-state index contributed by atoms with van der Waals surface area (Å²) < 4.78 is 14.8. The van der Waals surface area contributed by atoms with Crippen LogP contribution in [-0.4, -0.2) is 31.3 Å². The highest BCUT2D eigenvalue weighted by Gasteiger charge is 2.33. The van der Waals surface area contributed by atoms with Crippen molar-refractivity contribution < 1.29 is 14.3 Å². The van der Waals surface area contributed by atoms with Crippen LogP contribution < -0.4 is 0 Å². The van der Waals surface area contributed by atoms with Gasteiger partial charge < -0.3 is 5.11 Å². The number of tetrazole rings is 1. The first kappa shape index (κ1) is 13.1. The molecule has 2 aromatic rings. The first-order valence-corrected chi connectivity index (χ1v) is 5.67. The highest BCUT2D eigenvalue weighted by molar-refractivity contribution is 5.75. The average Bonchev–Trinajstić information content (AvgIpc) is 2.80. The van der Waals surface area contributed by atoms with Crippen LogP contribution in [0.3, 0.4) is 0 Å². The third-order valence-electron chi connectivity index (χ3n) is 2.89. The molecule has 0 unspecified atom stereocenters. The standard InChI is InChI=1S/C12H13FN4O2/c1-12(2,11(18)19)17-10(14-15-16-17)7-8-5-3-4-6-9(8)13/h3-6H,7H2,1-2H3,(H,18,19). The Labute approximate surface area is 108 Å². The van der Waals surface area contributed by atoms with Crippen molar-refractivity contribution >= 4 is 5.97 Å². The van der Waals surface area contributed by atoms with Crippen molar-refractivity contribution in [1.82, 2.24) is 20.2 Å². The van der Waals surface area contributed by atoms with E-state index in [0.29, 0.717) is 11.4 Å². The molecule has 0 aliphatic carbocycles. The van der Waals surface area contributed by atoms with E-state index in [1.165, 1.54) is 24.6 Å². The lowest BCUT2D eigenvalue weighted by molar-refractivity contribution is -0.146. The number of carboxylic acids is 1. The van der Waals surface area contributed by atoms with Crippen molar-refractivity contribution in [2.24, 2.45) is 0 Å². The van der Waals surface area contributed by atoms with Crippen molar-refractivity contribution in [2.45, 2.75) is 25.8 Å². The maximum absolute atomic E-state index is 13.6. The van der Waals surface area contributed by atoms with Gasteiger partial charge in [-0.1, -0.05) is 18.2 Å². The molecular formula is C12H13FN4O2. The van der Waals surface area contributed by atoms with Gasteiger partial charge in [0.25, 0.3) is 0 Å². The van der Waals surface area contributed by atoms with Gasteiger partial charge >= 0.3 is 5.97 Å². The SMILES string of the molecule is CC(C)(C(=O)O)n1nnnc1Cc1ccccc1F. The van der Waals surface area contributed by atoms with E-state index in [4.69, 9.17) is 5.11 Å². The highest BCUT2D eigenvalue weighted by Crippen LogP contribution is 2.18. The Morgan fingerprint density at radius 1 is 1.42 bits per heavy atom. The van der Waals surface area contributed by atoms with Gasteiger partial charge in [0, 0.05) is 6.42 Å². The second-order valence-electron chi connectivity index (χ2n) is 4.64. The second-order valence-corrected chi connectivity index (χ2v) is 4.64. The molecule has 100 valence electrons. The highest BCUT2D eigenvalue weighted by atomic mass is 19.1. The lowest BCUT2D eigenvalue weighted by atomic mass is 10.1. The summed E-state index contributed by atoms with van der Waals surface area (Å²) in [7, 11) is 0. The van der Waals surface area contributed by atoms with E-state index in [0.717, 1.165) is 0 Å². The molecule has 6 nitrogen and oxygen atoms in total. The monoisotopic (exact) mass is 264 g/mol. The maximum Gasteiger partial charge on any atom is 0.331 e. The molecule has 2 rings (SSSR count). The Kier molecular flexibility index (Phi) is 3.28. The molecule has 1 aromatic heterocycles. The Morgan fingerprint density at radius 3 is 2.74 bits per heavy atom. The molecule has 0 amide bonds. The van der Waals surface area contributed by atoms with Gasteiger partial charge in [0.1, 0.15) is 5.82 Å². The summed E-state index contributed by atoms with van der Waals surface area (Å²) in [6.07, 6.45) is 0.135. The molecule has 1 aromatic carbocycles. The summed E-state index contributed by atoms with van der Waals surface area (Å²) >= 11 is 0. The Balaban J connectivity index is 2.36. The Hall–Kier alpha value is -2.31. The second kappa shape index (κ2) is 4.75. The van der Waals surface area contributed by atoms with Gasteiger partial charge in [-0.05, 0) is 35.9 Å². The van der Waals surface area contributed by atoms with Gasteiger partial charge in [-0.25, -0.2) is 13.9 Å². The summed E-state index contributed by atoms with van der Waals surface area (Å²) in [5, 5.41) is 20.1. The van der Waals surface area contributed by atoms with Gasteiger partial charge in [-0.2, -0.15) is 0 Å². The number of hydrogen-bond acceptors (Lipinski definition) is 4. The van der Waals surface area contributed by atoms with Crippen LogP contribution in [0.1, 0.15) is 25.2 Å². The van der Waals surface area contributed by atoms with E-state index in [-0.39, 0.29) is 12.2 Å². The van der Waals surface area contributed by atoms with Gasteiger partial charge in [-0.3, -0.25) is 0 Å². The van der Waals surface area contributed by atoms with Crippen LogP contribution in [0.25, 0.3) is 0 Å². The normalized spacial score (nSPS) is 11.5. The molecule has 0 aliphatic rings. The fraction of sp³-hybridized carbons (Fsp3) is 0.333. The molecule has 0 saturated carbocycles. The fourth-order valence-corrected chi connectivity index (χ4v) is 1.65. The predicted octanol–water partition coefficient (Wildman–Crippen LogP) is 1.22. The molecule has 0 spiro atoms. The smallest absolute Gasteiger partial charge is 0.331 e. The van der Waals surface area contributed by atoms with E-state index in [9.17, 15) is 9.18 Å². The molecule has 19 heavy (non-hydrogen) atoms. The van der Waals surface area contributed by atoms with E-state index in [2.05, 4.69) is 15.5 Å². The molecule has 0 aliphatic heterocycles. The van der Waals surface area contributed by atoms with Crippen LogP contribution >= 0.6 is 0 Å². The molecule has 0 radical (unpaired) electrons. The van der Waals surface area contributed by atoms with Crippen LogP contribution in [0.4, 0.5) is 4.39 Å². The number of nitrogens with zero attached hydrogens (tertiary/aromatic N) is 4. The minimum absolute atomic E-state index is 0.135. The quantitative estimate of drug-likeness (QED) is 0.898. The number of carboxylic acid groups (broad SMARTS) is 1. The zero-order valence-electron chi connectivity index (χ0n) is 10.5. The van der Waals surface area contributed by atoms with Crippen molar-refractivity contribution in [3.8, 4) is 0 Å². The van der Waals surface area contributed by atoms with Crippen LogP contribution in [0, 0.1) is 5.82 Å². The maximum atomic E-state index is 13.6. The first-order chi connectivity index (χ1) is 8.93. The summed E-state index contributed by atoms with van der Waals surface area (Å²) in [6, 6.07) is 6.24. The molecule has 7 heteroatoms. The third kappa shape index (κ3) is 2.44. The summed E-state index contributed by atoms with van der Waals surface area (Å²) in [6.45, 7) is 2.97. The van der Waals surface area contributed by atoms with Gasteiger partial charge in [0.05, 0.1) is 0 Å². The summed E-state index contributed by atoms with van der Waals surface area (Å²) in [4.78, 5) is 11.2. The zero-order chi connectivity index (χ0) is 14.0. The molecule has 1 heterocycles. The molecule has 0 bridgehead atoms.